The van der Waals surface area contributed by atoms with Crippen LogP contribution < -0.4 is 0 Å². The van der Waals surface area contributed by atoms with E-state index < -0.39 is 0 Å². The van der Waals surface area contributed by atoms with Crippen LogP contribution in [0.25, 0.3) is 11.4 Å². The maximum Gasteiger partial charge on any atom is 0.192 e. The second-order valence-electron chi connectivity index (χ2n) is 5.82. The molecule has 0 aliphatic heterocycles. The van der Waals surface area contributed by atoms with E-state index in [1.165, 1.54) is 11.8 Å². The highest BCUT2D eigenvalue weighted by molar-refractivity contribution is 9.10. The Kier molecular flexibility index (Phi) is 6.21. The first kappa shape index (κ1) is 18.8. The molecule has 0 aliphatic carbocycles. The standard InChI is InChI=1S/C19H19BrN4OS/c1-3-12-24-18(15-8-10-21-11-9-15)22-23-19(24)26-13(2)17(25)14-4-6-16(20)7-5-14/h4-11,13H,3,12H2,1-2H3. The van der Waals surface area contributed by atoms with Crippen LogP contribution in [0.2, 0.25) is 0 Å². The molecule has 1 unspecified atom stereocenters. The lowest BCUT2D eigenvalue weighted by Gasteiger charge is -2.12. The van der Waals surface area contributed by atoms with E-state index in [1.54, 1.807) is 12.4 Å². The summed E-state index contributed by atoms with van der Waals surface area (Å²) in [7, 11) is 0. The van der Waals surface area contributed by atoms with Crippen LogP contribution in [0.15, 0.2) is 58.4 Å². The third-order valence-electron chi connectivity index (χ3n) is 3.88. The van der Waals surface area contributed by atoms with Gasteiger partial charge in [-0.05, 0) is 37.6 Å². The van der Waals surface area contributed by atoms with Crippen molar-refractivity contribution in [2.75, 3.05) is 0 Å². The van der Waals surface area contributed by atoms with Gasteiger partial charge >= 0.3 is 0 Å². The fourth-order valence-corrected chi connectivity index (χ4v) is 3.79. The van der Waals surface area contributed by atoms with Gasteiger partial charge in [-0.2, -0.15) is 0 Å². The first-order valence-electron chi connectivity index (χ1n) is 8.40. The Morgan fingerprint density at radius 2 is 1.85 bits per heavy atom. The van der Waals surface area contributed by atoms with Gasteiger partial charge in [0.2, 0.25) is 0 Å². The molecule has 0 fully saturated rings. The molecule has 7 heteroatoms. The molecule has 1 aromatic carbocycles. The minimum absolute atomic E-state index is 0.0824. The number of ketones is 1. The average Bonchev–Trinajstić information content (AvgIpc) is 3.05. The maximum absolute atomic E-state index is 12.7. The summed E-state index contributed by atoms with van der Waals surface area (Å²) in [6.07, 6.45) is 4.44. The zero-order valence-electron chi connectivity index (χ0n) is 14.6. The monoisotopic (exact) mass is 430 g/mol. The maximum atomic E-state index is 12.7. The Labute approximate surface area is 165 Å². The number of Topliss-reactive ketones (excluding diaryl/α,β-unsaturated/α-hetero) is 1. The van der Waals surface area contributed by atoms with Crippen molar-refractivity contribution >= 4 is 33.5 Å². The summed E-state index contributed by atoms with van der Waals surface area (Å²) in [5, 5.41) is 9.20. The van der Waals surface area contributed by atoms with Gasteiger partial charge in [-0.25, -0.2) is 0 Å². The second-order valence-corrected chi connectivity index (χ2v) is 8.05. The van der Waals surface area contributed by atoms with Crippen molar-refractivity contribution in [3.63, 3.8) is 0 Å². The van der Waals surface area contributed by atoms with Gasteiger partial charge in [0.1, 0.15) is 0 Å². The zero-order chi connectivity index (χ0) is 18.5. The van der Waals surface area contributed by atoms with E-state index in [9.17, 15) is 4.79 Å². The van der Waals surface area contributed by atoms with E-state index in [0.29, 0.717) is 5.56 Å². The molecular weight excluding hydrogens is 412 g/mol. The van der Waals surface area contributed by atoms with Crippen molar-refractivity contribution in [1.82, 2.24) is 19.7 Å². The van der Waals surface area contributed by atoms with E-state index in [1.807, 2.05) is 43.3 Å². The molecule has 0 radical (unpaired) electrons. The van der Waals surface area contributed by atoms with Crippen LogP contribution in [0.1, 0.15) is 30.6 Å². The number of thioether (sulfide) groups is 1. The van der Waals surface area contributed by atoms with Gasteiger partial charge in [0.25, 0.3) is 0 Å². The Balaban J connectivity index is 1.84. The summed E-state index contributed by atoms with van der Waals surface area (Å²) in [5.41, 5.74) is 1.67. The largest absolute Gasteiger partial charge is 0.302 e. The molecule has 2 aromatic heterocycles. The summed E-state index contributed by atoms with van der Waals surface area (Å²) in [4.78, 5) is 16.8. The number of aromatic nitrogens is 4. The smallest absolute Gasteiger partial charge is 0.192 e. The molecule has 0 N–H and O–H groups in total. The van der Waals surface area contributed by atoms with Crippen LogP contribution in [0.3, 0.4) is 0 Å². The van der Waals surface area contributed by atoms with Gasteiger partial charge in [-0.15, -0.1) is 10.2 Å². The fourth-order valence-electron chi connectivity index (χ4n) is 2.58. The number of benzene rings is 1. The molecule has 1 atom stereocenters. The summed E-state index contributed by atoms with van der Waals surface area (Å²) < 4.78 is 3.03. The van der Waals surface area contributed by atoms with E-state index in [4.69, 9.17) is 0 Å². The predicted molar refractivity (Wildman–Crippen MR) is 107 cm³/mol. The molecule has 134 valence electrons. The molecule has 0 spiro atoms. The normalized spacial score (nSPS) is 12.1. The predicted octanol–water partition coefficient (Wildman–Crippen LogP) is 4.88. The van der Waals surface area contributed by atoms with Crippen molar-refractivity contribution in [3.8, 4) is 11.4 Å². The van der Waals surface area contributed by atoms with Crippen molar-refractivity contribution < 1.29 is 4.79 Å². The quantitative estimate of drug-likeness (QED) is 0.394. The first-order valence-corrected chi connectivity index (χ1v) is 10.1. The van der Waals surface area contributed by atoms with Gasteiger partial charge in [0.05, 0.1) is 5.25 Å². The molecule has 0 bridgehead atoms. The number of carbonyl (C=O) groups excluding carboxylic acids is 1. The molecule has 0 saturated carbocycles. The molecule has 3 aromatic rings. The lowest BCUT2D eigenvalue weighted by Crippen LogP contribution is -2.15. The van der Waals surface area contributed by atoms with E-state index >= 15 is 0 Å². The highest BCUT2D eigenvalue weighted by Gasteiger charge is 2.21. The number of hydrogen-bond acceptors (Lipinski definition) is 5. The van der Waals surface area contributed by atoms with Gasteiger partial charge in [0.15, 0.2) is 16.8 Å². The molecule has 26 heavy (non-hydrogen) atoms. The number of rotatable bonds is 7. The van der Waals surface area contributed by atoms with Crippen LogP contribution in [0.4, 0.5) is 0 Å². The highest BCUT2D eigenvalue weighted by atomic mass is 79.9. The molecule has 0 aliphatic rings. The van der Waals surface area contributed by atoms with Gasteiger partial charge in [-0.3, -0.25) is 9.78 Å². The van der Waals surface area contributed by atoms with Crippen molar-refractivity contribution in [1.29, 1.82) is 0 Å². The molecule has 2 heterocycles. The number of pyridine rings is 1. The molecule has 5 nitrogen and oxygen atoms in total. The van der Waals surface area contributed by atoms with Gasteiger partial charge < -0.3 is 4.57 Å². The molecule has 3 rings (SSSR count). The van der Waals surface area contributed by atoms with Crippen LogP contribution in [-0.4, -0.2) is 30.8 Å². The SMILES string of the molecule is CCCn1c(SC(C)C(=O)c2ccc(Br)cc2)nnc1-c1ccncc1. The molecular formula is C19H19BrN4OS. The topological polar surface area (TPSA) is 60.7 Å². The summed E-state index contributed by atoms with van der Waals surface area (Å²) in [6, 6.07) is 11.3. The number of hydrogen-bond donors (Lipinski definition) is 0. The lowest BCUT2D eigenvalue weighted by atomic mass is 10.1. The van der Waals surface area contributed by atoms with E-state index in [2.05, 4.69) is 42.6 Å². The van der Waals surface area contributed by atoms with Gasteiger partial charge in [-0.1, -0.05) is 46.7 Å². The highest BCUT2D eigenvalue weighted by Crippen LogP contribution is 2.28. The Hall–Kier alpha value is -1.99. The molecule has 0 amide bonds. The Bertz CT molecular complexity index is 880. The number of nitrogens with zero attached hydrogens (tertiary/aromatic N) is 4. The van der Waals surface area contributed by atoms with Crippen molar-refractivity contribution in [2.24, 2.45) is 0 Å². The van der Waals surface area contributed by atoms with E-state index in [0.717, 1.165) is 34.0 Å². The number of halogens is 1. The average molecular weight is 431 g/mol. The van der Waals surface area contributed by atoms with Gasteiger partial charge in [0, 0.05) is 34.5 Å². The van der Waals surface area contributed by atoms with Crippen LogP contribution in [0.5, 0.6) is 0 Å². The first-order chi connectivity index (χ1) is 12.6. The summed E-state index contributed by atoms with van der Waals surface area (Å²) in [5.74, 6) is 0.888. The Morgan fingerprint density at radius 3 is 2.50 bits per heavy atom. The minimum atomic E-state index is -0.249. The minimum Gasteiger partial charge on any atom is -0.302 e. The van der Waals surface area contributed by atoms with Crippen LogP contribution in [-0.2, 0) is 6.54 Å². The Morgan fingerprint density at radius 1 is 1.15 bits per heavy atom. The lowest BCUT2D eigenvalue weighted by molar-refractivity contribution is 0.0994. The van der Waals surface area contributed by atoms with Crippen LogP contribution in [0, 0.1) is 0 Å². The zero-order valence-corrected chi connectivity index (χ0v) is 17.0. The number of carbonyl (C=O) groups is 1. The third kappa shape index (κ3) is 4.22. The third-order valence-corrected chi connectivity index (χ3v) is 5.49. The second kappa shape index (κ2) is 8.60. The fraction of sp³-hybridized carbons (Fsp3) is 0.263. The van der Waals surface area contributed by atoms with Crippen molar-refractivity contribution in [2.45, 2.75) is 37.2 Å². The van der Waals surface area contributed by atoms with Crippen LogP contribution >= 0.6 is 27.7 Å². The van der Waals surface area contributed by atoms with E-state index in [-0.39, 0.29) is 11.0 Å². The summed E-state index contributed by atoms with van der Waals surface area (Å²) >= 11 is 4.84. The molecule has 0 saturated heterocycles. The summed E-state index contributed by atoms with van der Waals surface area (Å²) in [6.45, 7) is 4.82. The van der Waals surface area contributed by atoms with Crippen molar-refractivity contribution in [3.05, 3.63) is 58.8 Å².